The monoisotopic (exact) mass is 295 g/mol. The van der Waals surface area contributed by atoms with Crippen LogP contribution in [0.5, 0.6) is 0 Å². The summed E-state index contributed by atoms with van der Waals surface area (Å²) in [5, 5.41) is 8.91. The smallest absolute Gasteiger partial charge is 0.266 e. The van der Waals surface area contributed by atoms with Crippen LogP contribution in [-0.4, -0.2) is 15.0 Å². The van der Waals surface area contributed by atoms with E-state index in [1.807, 2.05) is 0 Å². The molecule has 1 aliphatic rings. The van der Waals surface area contributed by atoms with E-state index < -0.39 is 10.1 Å². The highest BCUT2D eigenvalue weighted by molar-refractivity contribution is 7.87. The van der Waals surface area contributed by atoms with Crippen LogP contribution in [0.2, 0.25) is 0 Å². The maximum absolute atomic E-state index is 12.1. The van der Waals surface area contributed by atoms with Crippen LogP contribution in [0.25, 0.3) is 4.98 Å². The van der Waals surface area contributed by atoms with Crippen LogP contribution in [0.15, 0.2) is 23.1 Å². The van der Waals surface area contributed by atoms with E-state index in [-0.39, 0.29) is 17.2 Å². The highest BCUT2D eigenvalue weighted by Gasteiger charge is 2.27. The predicted molar refractivity (Wildman–Crippen MR) is 75.6 cm³/mol. The zero-order valence-corrected chi connectivity index (χ0v) is 12.4. The summed E-state index contributed by atoms with van der Waals surface area (Å²) in [4.78, 5) is 2.94. The van der Waals surface area contributed by atoms with Crippen LogP contribution in [-0.2, 0) is 14.3 Å². The summed E-state index contributed by atoms with van der Waals surface area (Å²) in [7, 11) is -3.87. The van der Waals surface area contributed by atoms with E-state index in [1.165, 1.54) is 25.0 Å². The highest BCUT2D eigenvalue weighted by Crippen LogP contribution is 2.29. The summed E-state index contributed by atoms with van der Waals surface area (Å²) in [6, 6.07) is 4.57. The van der Waals surface area contributed by atoms with Crippen molar-refractivity contribution in [3.8, 4) is 0 Å². The molecule has 1 aliphatic carbocycles. The van der Waals surface area contributed by atoms with Crippen molar-refractivity contribution in [2.45, 2.75) is 43.9 Å². The van der Waals surface area contributed by atoms with E-state index >= 15 is 0 Å². The molecule has 0 bridgehead atoms. The van der Waals surface area contributed by atoms with E-state index in [2.05, 4.69) is 4.98 Å². The molecule has 2 rings (SSSR count). The molecule has 0 unspecified atom stereocenters. The van der Waals surface area contributed by atoms with Gasteiger partial charge in [0.1, 0.15) is 0 Å². The van der Waals surface area contributed by atoms with Crippen molar-refractivity contribution in [1.82, 2.24) is 0 Å². The van der Waals surface area contributed by atoms with Gasteiger partial charge in [0.2, 0.25) is 5.39 Å². The number of rotatable bonds is 5. The third-order valence-electron chi connectivity index (χ3n) is 3.73. The van der Waals surface area contributed by atoms with Crippen LogP contribution in [0.3, 0.4) is 0 Å². The Hall–Kier alpha value is -1.45. The first-order valence-electron chi connectivity index (χ1n) is 6.88. The van der Waals surface area contributed by atoms with Crippen LogP contribution >= 0.6 is 0 Å². The van der Waals surface area contributed by atoms with Gasteiger partial charge in [-0.15, -0.1) is 0 Å². The topological polar surface area (TPSA) is 71.5 Å². The minimum Gasteiger partial charge on any atom is -0.266 e. The normalized spacial score (nSPS) is 16.2. The molecule has 1 fully saturated rings. The first-order valence-corrected chi connectivity index (χ1v) is 8.29. The van der Waals surface area contributed by atoms with Gasteiger partial charge in [-0.3, -0.25) is 4.18 Å². The summed E-state index contributed by atoms with van der Waals surface area (Å²) in [6.45, 7) is 1.98. The van der Waals surface area contributed by atoms with Gasteiger partial charge in [-0.25, -0.2) is 0 Å². The van der Waals surface area contributed by atoms with Crippen molar-refractivity contribution in [3.63, 3.8) is 0 Å². The number of aryl methyl sites for hydroxylation is 1. The highest BCUT2D eigenvalue weighted by atomic mass is 32.2. The molecule has 0 aromatic heterocycles. The van der Waals surface area contributed by atoms with Gasteiger partial charge in [0.05, 0.1) is 6.61 Å². The molecule has 0 N–H and O–H groups in total. The van der Waals surface area contributed by atoms with Crippen LogP contribution in [0.4, 0.5) is 5.69 Å². The fourth-order valence-electron chi connectivity index (χ4n) is 2.60. The molecule has 1 aromatic rings. The van der Waals surface area contributed by atoms with Crippen LogP contribution in [0, 0.1) is 18.2 Å². The van der Waals surface area contributed by atoms with E-state index in [0.29, 0.717) is 5.92 Å². The largest absolute Gasteiger partial charge is 0.406 e. The molecular weight excluding hydrogens is 276 g/mol. The van der Waals surface area contributed by atoms with Crippen molar-refractivity contribution in [1.29, 1.82) is 5.39 Å². The first kappa shape index (κ1) is 14.9. The van der Waals surface area contributed by atoms with Gasteiger partial charge in [-0.2, -0.15) is 8.42 Å². The van der Waals surface area contributed by atoms with E-state index in [1.54, 1.807) is 13.0 Å². The van der Waals surface area contributed by atoms with E-state index in [4.69, 9.17) is 9.58 Å². The predicted octanol–water partition coefficient (Wildman–Crippen LogP) is 3.77. The van der Waals surface area contributed by atoms with Crippen molar-refractivity contribution >= 4 is 15.8 Å². The molecule has 0 amide bonds. The lowest BCUT2D eigenvalue weighted by molar-refractivity contribution is 0.283. The average molecular weight is 295 g/mol. The molecule has 1 aromatic carbocycles. The molecule has 0 atom stereocenters. The Balaban J connectivity index is 2.04. The van der Waals surface area contributed by atoms with Gasteiger partial charge in [0, 0.05) is 6.07 Å². The number of diazo groups is 1. The second-order valence-corrected chi connectivity index (χ2v) is 6.87. The van der Waals surface area contributed by atoms with Crippen molar-refractivity contribution < 1.29 is 12.6 Å². The number of benzene rings is 1. The molecule has 108 valence electrons. The second-order valence-electron chi connectivity index (χ2n) is 5.29. The van der Waals surface area contributed by atoms with E-state index in [0.717, 1.165) is 24.8 Å². The summed E-state index contributed by atoms with van der Waals surface area (Å²) >= 11 is 0. The lowest BCUT2D eigenvalue weighted by Gasteiger charge is -2.08. The summed E-state index contributed by atoms with van der Waals surface area (Å²) in [6.07, 6.45) is 5.53. The summed E-state index contributed by atoms with van der Waals surface area (Å²) in [5.74, 6) is 0.574. The molecule has 20 heavy (non-hydrogen) atoms. The first-order chi connectivity index (χ1) is 9.53. The molecule has 0 spiro atoms. The van der Waals surface area contributed by atoms with Crippen molar-refractivity contribution in [3.05, 3.63) is 28.7 Å². The Morgan fingerprint density at radius 2 is 2.05 bits per heavy atom. The molecule has 0 aliphatic heterocycles. The molecule has 0 saturated heterocycles. The average Bonchev–Trinajstić information content (AvgIpc) is 2.91. The Bertz CT molecular complexity index is 614. The molecule has 6 heteroatoms. The Labute approximate surface area is 119 Å². The van der Waals surface area contributed by atoms with Gasteiger partial charge in [-0.05, 0) is 30.9 Å². The van der Waals surface area contributed by atoms with Gasteiger partial charge in [-0.1, -0.05) is 31.7 Å². The maximum atomic E-state index is 12.1. The zero-order valence-electron chi connectivity index (χ0n) is 11.6. The number of hydrogen-bond acceptors (Lipinski definition) is 4. The fraction of sp³-hybridized carbons (Fsp3) is 0.571. The van der Waals surface area contributed by atoms with Crippen LogP contribution < -0.4 is 0 Å². The molecule has 5 nitrogen and oxygen atoms in total. The minimum absolute atomic E-state index is 0.0193. The van der Waals surface area contributed by atoms with Crippen LogP contribution in [0.1, 0.15) is 37.7 Å². The second kappa shape index (κ2) is 6.33. The third-order valence-corrected chi connectivity index (χ3v) is 5.09. The lowest BCUT2D eigenvalue weighted by Crippen LogP contribution is -2.10. The quantitative estimate of drug-likeness (QED) is 0.612. The summed E-state index contributed by atoms with van der Waals surface area (Å²) in [5.41, 5.74) is 0.841. The molecular formula is C14H19N2O3S+. The van der Waals surface area contributed by atoms with Gasteiger partial charge in [0.25, 0.3) is 0 Å². The maximum Gasteiger partial charge on any atom is 0.406 e. The molecule has 0 heterocycles. The number of hydrogen-bond donors (Lipinski definition) is 0. The molecule has 0 radical (unpaired) electrons. The standard InChI is InChI=1S/C14H19N2O3S/c1-11-6-7-14(13(10-11)16-15)20(17,18)19-9-8-12-4-2-3-5-12/h6-7,10,12H,2-5,8-9H2,1H3/q+1. The van der Waals surface area contributed by atoms with Crippen molar-refractivity contribution in [2.24, 2.45) is 5.92 Å². The Kier molecular flexibility index (Phi) is 4.73. The van der Waals surface area contributed by atoms with Gasteiger partial charge in [0.15, 0.2) is 9.87 Å². The van der Waals surface area contributed by atoms with E-state index in [9.17, 15) is 8.42 Å². The number of nitrogens with zero attached hydrogens (tertiary/aromatic N) is 2. The third kappa shape index (κ3) is 3.56. The molecule has 1 saturated carbocycles. The SMILES string of the molecule is Cc1ccc(S(=O)(=O)OCCC2CCCC2)c([N+]#N)c1. The zero-order chi connectivity index (χ0) is 14.6. The van der Waals surface area contributed by atoms with Gasteiger partial charge < -0.3 is 0 Å². The Morgan fingerprint density at radius 1 is 1.35 bits per heavy atom. The lowest BCUT2D eigenvalue weighted by atomic mass is 10.1. The van der Waals surface area contributed by atoms with Gasteiger partial charge >= 0.3 is 15.8 Å². The van der Waals surface area contributed by atoms with Crippen molar-refractivity contribution in [2.75, 3.05) is 6.61 Å². The minimum atomic E-state index is -3.87. The Morgan fingerprint density at radius 3 is 2.70 bits per heavy atom. The summed E-state index contributed by atoms with van der Waals surface area (Å²) < 4.78 is 29.3. The fourth-order valence-corrected chi connectivity index (χ4v) is 3.64.